The largest absolute Gasteiger partial charge is 0.311 e. The highest BCUT2D eigenvalue weighted by Crippen LogP contribution is 2.33. The third-order valence-corrected chi connectivity index (χ3v) is 3.04. The minimum atomic E-state index is -0.557. The number of nitrogens with one attached hydrogen (secondary N) is 1. The van der Waals surface area contributed by atoms with E-state index in [1.807, 2.05) is 6.92 Å². The first-order chi connectivity index (χ1) is 9.52. The van der Waals surface area contributed by atoms with Crippen molar-refractivity contribution < 1.29 is 4.92 Å². The van der Waals surface area contributed by atoms with Gasteiger partial charge >= 0.3 is 0 Å². The summed E-state index contributed by atoms with van der Waals surface area (Å²) in [5.74, 6) is 0. The molecule has 1 aromatic heterocycles. The minimum Gasteiger partial charge on any atom is -0.311 e. The van der Waals surface area contributed by atoms with Crippen LogP contribution in [0.25, 0.3) is 5.69 Å². The zero-order chi connectivity index (χ0) is 14.7. The fraction of sp³-hybridized carbons (Fsp3) is 0.273. The molecule has 0 aliphatic rings. The first-order valence-electron chi connectivity index (χ1n) is 5.78. The lowest BCUT2D eigenvalue weighted by molar-refractivity contribution is -0.384. The number of hydrogen-bond acceptors (Lipinski definition) is 5. The van der Waals surface area contributed by atoms with Crippen LogP contribution in [0.2, 0.25) is 10.0 Å². The summed E-state index contributed by atoms with van der Waals surface area (Å²) < 4.78 is 1.28. The van der Waals surface area contributed by atoms with Crippen LogP contribution < -0.4 is 5.32 Å². The van der Waals surface area contributed by atoms with Crippen molar-refractivity contribution >= 4 is 28.9 Å². The van der Waals surface area contributed by atoms with Gasteiger partial charge in [-0.25, -0.2) is 4.68 Å². The lowest BCUT2D eigenvalue weighted by Gasteiger charge is -2.05. The van der Waals surface area contributed by atoms with E-state index in [1.165, 1.54) is 16.8 Å². The fourth-order valence-corrected chi connectivity index (χ4v) is 2.23. The third-order valence-electron chi connectivity index (χ3n) is 2.53. The monoisotopic (exact) mass is 315 g/mol. The molecule has 1 aromatic carbocycles. The van der Waals surface area contributed by atoms with Crippen LogP contribution in [0.4, 0.5) is 5.69 Å². The van der Waals surface area contributed by atoms with E-state index in [2.05, 4.69) is 15.6 Å². The van der Waals surface area contributed by atoms with Crippen LogP contribution in [0.3, 0.4) is 0 Å². The number of halogens is 2. The Morgan fingerprint density at radius 2 is 2.20 bits per heavy atom. The van der Waals surface area contributed by atoms with E-state index in [0.717, 1.165) is 6.54 Å². The summed E-state index contributed by atoms with van der Waals surface area (Å²) >= 11 is 11.8. The zero-order valence-corrected chi connectivity index (χ0v) is 12.0. The highest BCUT2D eigenvalue weighted by Gasteiger charge is 2.21. The van der Waals surface area contributed by atoms with Crippen molar-refractivity contribution in [1.82, 2.24) is 20.3 Å². The predicted octanol–water partition coefficient (Wildman–Crippen LogP) is 2.59. The van der Waals surface area contributed by atoms with Crippen molar-refractivity contribution in [2.75, 3.05) is 6.54 Å². The molecule has 2 rings (SSSR count). The molecule has 0 atom stereocenters. The highest BCUT2D eigenvalue weighted by molar-refractivity contribution is 6.36. The lowest BCUT2D eigenvalue weighted by Crippen LogP contribution is -2.11. The molecule has 0 amide bonds. The van der Waals surface area contributed by atoms with Crippen LogP contribution in [0, 0.1) is 10.1 Å². The molecule has 9 heteroatoms. The van der Waals surface area contributed by atoms with Crippen LogP contribution in [0.1, 0.15) is 12.6 Å². The molecule has 1 N–H and O–H groups in total. The van der Waals surface area contributed by atoms with E-state index in [4.69, 9.17) is 23.2 Å². The Balaban J connectivity index is 2.46. The molecule has 2 aromatic rings. The third kappa shape index (κ3) is 3.06. The molecule has 20 heavy (non-hydrogen) atoms. The number of aromatic nitrogens is 3. The van der Waals surface area contributed by atoms with Crippen molar-refractivity contribution in [3.8, 4) is 5.69 Å². The second-order valence-corrected chi connectivity index (χ2v) is 4.79. The van der Waals surface area contributed by atoms with Crippen molar-refractivity contribution in [3.63, 3.8) is 0 Å². The maximum atomic E-state index is 11.1. The van der Waals surface area contributed by atoms with E-state index in [9.17, 15) is 10.1 Å². The quantitative estimate of drug-likeness (QED) is 0.677. The van der Waals surface area contributed by atoms with Crippen molar-refractivity contribution in [3.05, 3.63) is 44.2 Å². The number of benzene rings is 1. The van der Waals surface area contributed by atoms with Gasteiger partial charge in [0, 0.05) is 17.6 Å². The Bertz CT molecular complexity index is 644. The number of nitro groups is 1. The molecular formula is C11H11Cl2N5O2. The maximum absolute atomic E-state index is 11.1. The van der Waals surface area contributed by atoms with Crippen molar-refractivity contribution in [1.29, 1.82) is 0 Å². The predicted molar refractivity (Wildman–Crippen MR) is 75.4 cm³/mol. The van der Waals surface area contributed by atoms with Gasteiger partial charge in [0.1, 0.15) is 0 Å². The summed E-state index contributed by atoms with van der Waals surface area (Å²) in [6.07, 6.45) is 1.59. The number of rotatable bonds is 5. The van der Waals surface area contributed by atoms with E-state index < -0.39 is 4.92 Å². The molecule has 1 heterocycles. The topological polar surface area (TPSA) is 85.9 Å². The van der Waals surface area contributed by atoms with Gasteiger partial charge in [-0.3, -0.25) is 10.1 Å². The molecule has 0 spiro atoms. The number of nitrogens with zero attached hydrogens (tertiary/aromatic N) is 4. The zero-order valence-electron chi connectivity index (χ0n) is 10.5. The van der Waals surface area contributed by atoms with Gasteiger partial charge in [0.15, 0.2) is 5.69 Å². The molecular weight excluding hydrogens is 305 g/mol. The molecule has 0 bridgehead atoms. The van der Waals surface area contributed by atoms with Crippen molar-refractivity contribution in [2.24, 2.45) is 0 Å². The summed E-state index contributed by atoms with van der Waals surface area (Å²) in [7, 11) is 0. The van der Waals surface area contributed by atoms with Crippen LogP contribution in [-0.4, -0.2) is 26.5 Å². The summed E-state index contributed by atoms with van der Waals surface area (Å²) in [5.41, 5.74) is 0.589. The smallest absolute Gasteiger partial charge is 0.297 e. The van der Waals surface area contributed by atoms with Crippen LogP contribution in [0.15, 0.2) is 18.3 Å². The summed E-state index contributed by atoms with van der Waals surface area (Å²) in [4.78, 5) is 10.5. The standard InChI is InChI=1S/C11H11Cl2N5O2/c1-2-14-5-8-6-17(16-15-8)11-9(13)3-7(12)4-10(11)18(19)20/h3-4,6,14H,2,5H2,1H3. The first kappa shape index (κ1) is 14.7. The Kier molecular flexibility index (Phi) is 4.53. The van der Waals surface area contributed by atoms with E-state index in [-0.39, 0.29) is 21.4 Å². The average Bonchev–Trinajstić information content (AvgIpc) is 2.83. The molecule has 106 valence electrons. The van der Waals surface area contributed by atoms with Gasteiger partial charge in [-0.1, -0.05) is 35.3 Å². The Morgan fingerprint density at radius 1 is 1.45 bits per heavy atom. The molecule has 0 fully saturated rings. The second kappa shape index (κ2) is 6.17. The van der Waals surface area contributed by atoms with E-state index >= 15 is 0 Å². The maximum Gasteiger partial charge on any atom is 0.297 e. The van der Waals surface area contributed by atoms with E-state index in [1.54, 1.807) is 6.20 Å². The molecule has 7 nitrogen and oxygen atoms in total. The molecule has 0 saturated carbocycles. The molecule has 0 radical (unpaired) electrons. The van der Waals surface area contributed by atoms with Gasteiger partial charge in [0.2, 0.25) is 0 Å². The van der Waals surface area contributed by atoms with Gasteiger partial charge in [-0.15, -0.1) is 5.10 Å². The lowest BCUT2D eigenvalue weighted by atomic mass is 10.2. The molecule has 0 unspecified atom stereocenters. The van der Waals surface area contributed by atoms with Gasteiger partial charge in [-0.05, 0) is 12.6 Å². The molecule has 0 saturated heterocycles. The fourth-order valence-electron chi connectivity index (χ4n) is 1.66. The summed E-state index contributed by atoms with van der Waals surface area (Å²) in [5, 5.41) is 22.3. The summed E-state index contributed by atoms with van der Waals surface area (Å²) in [6, 6.07) is 2.66. The Morgan fingerprint density at radius 3 is 2.85 bits per heavy atom. The SMILES string of the molecule is CCNCc1cn(-c2c(Cl)cc(Cl)cc2[N+](=O)[O-])nn1. The Labute approximate surface area is 124 Å². The molecule has 0 aliphatic carbocycles. The van der Waals surface area contributed by atoms with Gasteiger partial charge in [-0.2, -0.15) is 0 Å². The van der Waals surface area contributed by atoms with Crippen LogP contribution >= 0.6 is 23.2 Å². The Hall–Kier alpha value is -1.70. The van der Waals surface area contributed by atoms with Gasteiger partial charge < -0.3 is 5.32 Å². The first-order valence-corrected chi connectivity index (χ1v) is 6.54. The molecule has 0 aliphatic heterocycles. The van der Waals surface area contributed by atoms with Crippen LogP contribution in [-0.2, 0) is 6.54 Å². The number of hydrogen-bond donors (Lipinski definition) is 1. The summed E-state index contributed by atoms with van der Waals surface area (Å²) in [6.45, 7) is 3.27. The number of nitro benzene ring substituents is 1. The van der Waals surface area contributed by atoms with Crippen molar-refractivity contribution in [2.45, 2.75) is 13.5 Å². The normalized spacial score (nSPS) is 10.8. The van der Waals surface area contributed by atoms with E-state index in [0.29, 0.717) is 12.2 Å². The van der Waals surface area contributed by atoms with Crippen LogP contribution in [0.5, 0.6) is 0 Å². The van der Waals surface area contributed by atoms with Gasteiger partial charge in [0.25, 0.3) is 5.69 Å². The highest BCUT2D eigenvalue weighted by atomic mass is 35.5. The minimum absolute atomic E-state index is 0.143. The van der Waals surface area contributed by atoms with Gasteiger partial charge in [0.05, 0.1) is 21.8 Å². The average molecular weight is 316 g/mol. The second-order valence-electron chi connectivity index (χ2n) is 3.95.